The van der Waals surface area contributed by atoms with Gasteiger partial charge in [-0.25, -0.2) is 0 Å². The number of hydrogen-bond donors (Lipinski definition) is 0. The molecule has 0 aliphatic carbocycles. The topological polar surface area (TPSA) is 17.1 Å². The zero-order valence-corrected chi connectivity index (χ0v) is 7.03. The van der Waals surface area contributed by atoms with Gasteiger partial charge in [-0.1, -0.05) is 0 Å². The Bertz CT molecular complexity index is 6.00. The van der Waals surface area contributed by atoms with Crippen molar-refractivity contribution in [2.45, 2.75) is 0 Å². The van der Waals surface area contributed by atoms with Crippen LogP contribution in [0.15, 0.2) is 0 Å². The molecule has 0 fully saturated rings. The second-order valence-electron chi connectivity index (χ2n) is 0. The monoisotopic (exact) mass is 210 g/mol. The molecule has 0 aliphatic heterocycles. The maximum atomic E-state index is 8.00. The van der Waals surface area contributed by atoms with Gasteiger partial charge in [-0.15, -0.1) is 0 Å². The predicted octanol–water partition coefficient (Wildman–Crippen LogP) is -0.190. The smallest absolute Gasteiger partial charge is 0.106 e. The van der Waals surface area contributed by atoms with Crippen molar-refractivity contribution in [3.63, 3.8) is 0 Å². The fraction of sp³-hybridized carbons (Fsp3) is 0. The molecule has 0 amide bonds. The molecule has 3 heteroatoms. The van der Waals surface area contributed by atoms with Crippen molar-refractivity contribution >= 4 is 6.79 Å². The van der Waals surface area contributed by atoms with Crippen LogP contribution in [0.25, 0.3) is 0 Å². The van der Waals surface area contributed by atoms with E-state index in [2.05, 4.69) is 0 Å². The maximum Gasteiger partial charge on any atom is 0.106 e. The Morgan fingerprint density at radius 3 is 1.00 bits per heavy atom. The zero-order chi connectivity index (χ0) is 2.00. The van der Waals surface area contributed by atoms with E-state index in [4.69, 9.17) is 4.79 Å². The van der Waals surface area contributed by atoms with Crippen LogP contribution in [0.1, 0.15) is 0 Å². The molecule has 0 rings (SSSR count). The Morgan fingerprint density at radius 2 is 1.00 bits per heavy atom. The van der Waals surface area contributed by atoms with E-state index in [0.717, 1.165) is 0 Å². The number of carbonyl (C=O) groups excluding carboxylic acids is 1. The van der Waals surface area contributed by atoms with E-state index in [1.807, 2.05) is 6.79 Å². The molecule has 0 saturated carbocycles. The van der Waals surface area contributed by atoms with Crippen LogP contribution in [0, 0.1) is 0 Å². The normalized spacial score (nSPS) is 1.00. The molecule has 0 aliphatic rings. The van der Waals surface area contributed by atoms with Crippen LogP contribution in [0.3, 0.4) is 0 Å². The summed E-state index contributed by atoms with van der Waals surface area (Å²) in [5.41, 5.74) is 0. The molecular weight excluding hydrogens is 210 g/mol. The summed E-state index contributed by atoms with van der Waals surface area (Å²) in [5, 5.41) is 0. The van der Waals surface area contributed by atoms with E-state index in [-0.39, 0.29) is 52.4 Å². The largest absolute Gasteiger partial charge is 0.307 e. The number of carbonyl (C=O) groups is 1. The van der Waals surface area contributed by atoms with E-state index in [1.165, 1.54) is 0 Å². The van der Waals surface area contributed by atoms with Crippen molar-refractivity contribution in [2.24, 2.45) is 0 Å². The molecular formula is CH2OZr2. The van der Waals surface area contributed by atoms with Gasteiger partial charge in [-0.05, 0) is 0 Å². The molecule has 0 aromatic rings. The molecule has 4 heavy (non-hydrogen) atoms. The first-order valence-corrected chi connectivity index (χ1v) is 0.289. The molecule has 1 nitrogen and oxygen atoms in total. The van der Waals surface area contributed by atoms with Crippen molar-refractivity contribution in [1.82, 2.24) is 0 Å². The van der Waals surface area contributed by atoms with E-state index in [1.54, 1.807) is 0 Å². The minimum absolute atomic E-state index is 0. The third-order valence-corrected chi connectivity index (χ3v) is 0. The van der Waals surface area contributed by atoms with E-state index < -0.39 is 0 Å². The van der Waals surface area contributed by atoms with Crippen molar-refractivity contribution in [3.8, 4) is 0 Å². The summed E-state index contributed by atoms with van der Waals surface area (Å²) in [6.45, 7) is 2.00. The first-order valence-electron chi connectivity index (χ1n) is 0.289. The summed E-state index contributed by atoms with van der Waals surface area (Å²) in [6.07, 6.45) is 0. The van der Waals surface area contributed by atoms with Gasteiger partial charge in [0.2, 0.25) is 0 Å². The third kappa shape index (κ3) is 9.89. The molecule has 0 atom stereocenters. The Morgan fingerprint density at radius 1 is 1.00 bits per heavy atom. The Balaban J connectivity index is -0.00000000500. The zero-order valence-electron chi connectivity index (χ0n) is 2.12. The van der Waals surface area contributed by atoms with Crippen molar-refractivity contribution in [1.29, 1.82) is 0 Å². The molecule has 0 spiro atoms. The second-order valence-corrected chi connectivity index (χ2v) is 0. The maximum absolute atomic E-state index is 8.00. The number of rotatable bonds is 0. The summed E-state index contributed by atoms with van der Waals surface area (Å²) in [7, 11) is 0. The van der Waals surface area contributed by atoms with E-state index >= 15 is 0 Å². The van der Waals surface area contributed by atoms with Crippen LogP contribution in [-0.4, -0.2) is 6.79 Å². The van der Waals surface area contributed by atoms with E-state index in [0.29, 0.717) is 0 Å². The standard InChI is InChI=1S/CH2O.2Zr/c1-2;;/h1H2;;. The average molecular weight is 212 g/mol. The minimum atomic E-state index is 0. The van der Waals surface area contributed by atoms with Crippen LogP contribution < -0.4 is 0 Å². The van der Waals surface area contributed by atoms with Gasteiger partial charge in [0.25, 0.3) is 0 Å². The molecule has 0 aromatic carbocycles. The number of hydrogen-bond acceptors (Lipinski definition) is 1. The van der Waals surface area contributed by atoms with Crippen LogP contribution in [0.5, 0.6) is 0 Å². The van der Waals surface area contributed by atoms with Gasteiger partial charge >= 0.3 is 0 Å². The molecule has 0 heterocycles. The quantitative estimate of drug-likeness (QED) is 0.544. The Labute approximate surface area is 63.4 Å². The Hall–Kier alpha value is 1.44. The molecule has 0 saturated heterocycles. The minimum Gasteiger partial charge on any atom is -0.307 e. The fourth-order valence-electron chi connectivity index (χ4n) is 0. The Kier molecular flexibility index (Phi) is 114. The van der Waals surface area contributed by atoms with Crippen LogP contribution in [0.2, 0.25) is 0 Å². The van der Waals surface area contributed by atoms with Crippen molar-refractivity contribution < 1.29 is 57.2 Å². The van der Waals surface area contributed by atoms with E-state index in [9.17, 15) is 0 Å². The van der Waals surface area contributed by atoms with Gasteiger partial charge < -0.3 is 4.79 Å². The summed E-state index contributed by atoms with van der Waals surface area (Å²) in [4.78, 5) is 8.00. The third-order valence-electron chi connectivity index (χ3n) is 0. The van der Waals surface area contributed by atoms with Crippen LogP contribution in [0.4, 0.5) is 0 Å². The molecule has 20 valence electrons. The first kappa shape index (κ1) is 18.0. The molecule has 0 aromatic heterocycles. The summed E-state index contributed by atoms with van der Waals surface area (Å²) in [6, 6.07) is 0. The molecule has 0 bridgehead atoms. The first-order chi connectivity index (χ1) is 1.00. The van der Waals surface area contributed by atoms with Crippen LogP contribution >= 0.6 is 0 Å². The molecule has 0 radical (unpaired) electrons. The molecule has 0 unspecified atom stereocenters. The summed E-state index contributed by atoms with van der Waals surface area (Å²) >= 11 is 0. The van der Waals surface area contributed by atoms with Crippen molar-refractivity contribution in [3.05, 3.63) is 0 Å². The van der Waals surface area contributed by atoms with Gasteiger partial charge in [-0.2, -0.15) is 0 Å². The van der Waals surface area contributed by atoms with Crippen LogP contribution in [-0.2, 0) is 57.2 Å². The SMILES string of the molecule is C=O.[Zr].[Zr]. The predicted molar refractivity (Wildman–Crippen MR) is 7.12 cm³/mol. The van der Waals surface area contributed by atoms with Gasteiger partial charge in [0.05, 0.1) is 0 Å². The second kappa shape index (κ2) is 25.4. The summed E-state index contributed by atoms with van der Waals surface area (Å²) in [5.74, 6) is 0. The molecule has 0 N–H and O–H groups in total. The average Bonchev–Trinajstić information content (AvgIpc) is 1.00. The van der Waals surface area contributed by atoms with Crippen molar-refractivity contribution in [2.75, 3.05) is 0 Å². The summed E-state index contributed by atoms with van der Waals surface area (Å²) < 4.78 is 0. The van der Waals surface area contributed by atoms with Gasteiger partial charge in [0, 0.05) is 52.4 Å². The van der Waals surface area contributed by atoms with Gasteiger partial charge in [-0.3, -0.25) is 0 Å². The van der Waals surface area contributed by atoms with Gasteiger partial charge in [0.15, 0.2) is 0 Å². The fourth-order valence-corrected chi connectivity index (χ4v) is 0. The van der Waals surface area contributed by atoms with Gasteiger partial charge in [0.1, 0.15) is 6.79 Å².